The Morgan fingerprint density at radius 2 is 1.54 bits per heavy atom. The molecule has 16 heteroatoms. The second kappa shape index (κ2) is 18.3. The molecule has 4 aromatic carbocycles. The average Bonchev–Trinajstić information content (AvgIpc) is 3.13. The van der Waals surface area contributed by atoms with Crippen LogP contribution < -0.4 is 24.4 Å². The molecule has 0 fully saturated rings. The quantitative estimate of drug-likeness (QED) is 0.0869. The lowest BCUT2D eigenvalue weighted by Crippen LogP contribution is -2.25. The number of rotatable bonds is 18. The SMILES string of the molecule is Cc1c(NS(=O)(=O)CS(C)(=O)=O)cccc1N(Cc1ccc(C#N)cc1)Cc1ccc(Oc2ccc(NC(=O)CC(=O)O)c(OCCc3cccnc3)c2)cc1. The third-order valence-electron chi connectivity index (χ3n) is 8.18. The van der Waals surface area contributed by atoms with Crippen molar-refractivity contribution in [1.29, 1.82) is 5.26 Å². The molecule has 0 aliphatic rings. The number of hydrogen-bond acceptors (Lipinski definition) is 11. The van der Waals surface area contributed by atoms with Crippen molar-refractivity contribution in [2.75, 3.05) is 32.9 Å². The minimum Gasteiger partial charge on any atom is -0.491 e. The molecule has 5 rings (SSSR count). The van der Waals surface area contributed by atoms with E-state index in [1.165, 1.54) is 0 Å². The van der Waals surface area contributed by atoms with Crippen LogP contribution in [0.15, 0.2) is 109 Å². The Labute approximate surface area is 325 Å². The number of carbonyl (C=O) groups is 2. The Balaban J connectivity index is 1.36. The van der Waals surface area contributed by atoms with Crippen LogP contribution in [0.4, 0.5) is 17.1 Å². The van der Waals surface area contributed by atoms with E-state index >= 15 is 0 Å². The number of benzene rings is 4. The maximum absolute atomic E-state index is 12.7. The Bertz CT molecular complexity index is 2440. The average molecular weight is 798 g/mol. The van der Waals surface area contributed by atoms with E-state index < -0.39 is 43.2 Å². The number of hydrogen-bond donors (Lipinski definition) is 3. The van der Waals surface area contributed by atoms with Crippen LogP contribution in [-0.2, 0) is 49.0 Å². The highest BCUT2D eigenvalue weighted by Gasteiger charge is 2.21. The Morgan fingerprint density at radius 3 is 2.16 bits per heavy atom. The lowest BCUT2D eigenvalue weighted by molar-refractivity contribution is -0.139. The number of nitrogens with one attached hydrogen (secondary N) is 2. The smallest absolute Gasteiger partial charge is 0.312 e. The van der Waals surface area contributed by atoms with Crippen LogP contribution in [0.3, 0.4) is 0 Å². The Kier molecular flexibility index (Phi) is 13.3. The van der Waals surface area contributed by atoms with Crippen LogP contribution >= 0.6 is 0 Å². The van der Waals surface area contributed by atoms with Crippen LogP contribution in [0.2, 0.25) is 0 Å². The van der Waals surface area contributed by atoms with Gasteiger partial charge in [0, 0.05) is 49.9 Å². The van der Waals surface area contributed by atoms with Crippen molar-refractivity contribution in [3.63, 3.8) is 0 Å². The molecule has 290 valence electrons. The number of sulfone groups is 1. The van der Waals surface area contributed by atoms with E-state index in [2.05, 4.69) is 21.1 Å². The van der Waals surface area contributed by atoms with Gasteiger partial charge in [0.25, 0.3) is 0 Å². The van der Waals surface area contributed by atoms with E-state index in [0.717, 1.165) is 22.9 Å². The molecule has 0 spiro atoms. The van der Waals surface area contributed by atoms with Gasteiger partial charge in [-0.3, -0.25) is 19.3 Å². The van der Waals surface area contributed by atoms with Gasteiger partial charge in [0.1, 0.15) is 23.7 Å². The van der Waals surface area contributed by atoms with Crippen molar-refractivity contribution in [2.45, 2.75) is 32.9 Å². The second-order valence-corrected chi connectivity index (χ2v) is 17.1. The molecule has 0 bridgehead atoms. The van der Waals surface area contributed by atoms with Crippen LogP contribution in [0.25, 0.3) is 0 Å². The number of amides is 1. The first-order valence-corrected chi connectivity index (χ1v) is 20.8. The molecule has 3 N–H and O–H groups in total. The van der Waals surface area contributed by atoms with Gasteiger partial charge >= 0.3 is 5.97 Å². The van der Waals surface area contributed by atoms with Gasteiger partial charge in [0.2, 0.25) is 15.9 Å². The van der Waals surface area contributed by atoms with Crippen molar-refractivity contribution in [1.82, 2.24) is 4.98 Å². The van der Waals surface area contributed by atoms with Crippen LogP contribution in [0, 0.1) is 18.3 Å². The van der Waals surface area contributed by atoms with E-state index in [0.29, 0.717) is 47.8 Å². The van der Waals surface area contributed by atoms with Crippen molar-refractivity contribution >= 4 is 48.8 Å². The molecule has 0 saturated carbocycles. The summed E-state index contributed by atoms with van der Waals surface area (Å²) >= 11 is 0. The van der Waals surface area contributed by atoms with Crippen molar-refractivity contribution in [2.24, 2.45) is 0 Å². The topological polar surface area (TPSA) is 205 Å². The summed E-state index contributed by atoms with van der Waals surface area (Å²) in [4.78, 5) is 29.5. The summed E-state index contributed by atoms with van der Waals surface area (Å²) in [6, 6.07) is 30.2. The predicted molar refractivity (Wildman–Crippen MR) is 212 cm³/mol. The molecule has 0 radical (unpaired) electrons. The molecule has 0 atom stereocenters. The molecule has 1 heterocycles. The number of carboxylic acids is 1. The van der Waals surface area contributed by atoms with Gasteiger partial charge in [-0.15, -0.1) is 0 Å². The fourth-order valence-corrected chi connectivity index (χ4v) is 8.70. The predicted octanol–water partition coefficient (Wildman–Crippen LogP) is 6.04. The van der Waals surface area contributed by atoms with Crippen molar-refractivity contribution in [3.05, 3.63) is 137 Å². The van der Waals surface area contributed by atoms with E-state index in [-0.39, 0.29) is 23.7 Å². The van der Waals surface area contributed by atoms with Gasteiger partial charge in [-0.1, -0.05) is 36.4 Å². The zero-order valence-corrected chi connectivity index (χ0v) is 32.1. The number of sulfonamides is 1. The molecule has 1 aromatic heterocycles. The van der Waals surface area contributed by atoms with E-state index in [9.17, 15) is 31.7 Å². The minimum absolute atomic E-state index is 0.243. The molecule has 0 unspecified atom stereocenters. The van der Waals surface area contributed by atoms with Gasteiger partial charge < -0.3 is 24.8 Å². The van der Waals surface area contributed by atoms with E-state index in [1.54, 1.807) is 73.9 Å². The van der Waals surface area contributed by atoms with Crippen molar-refractivity contribution in [3.8, 4) is 23.3 Å². The third kappa shape index (κ3) is 12.3. The highest BCUT2D eigenvalue weighted by molar-refractivity contribution is 8.08. The highest BCUT2D eigenvalue weighted by atomic mass is 32.3. The van der Waals surface area contributed by atoms with Crippen LogP contribution in [0.5, 0.6) is 17.2 Å². The summed E-state index contributed by atoms with van der Waals surface area (Å²) in [6.45, 7) is 2.76. The molecule has 1 amide bonds. The van der Waals surface area contributed by atoms with Gasteiger partial charge in [0.15, 0.2) is 14.9 Å². The normalized spacial score (nSPS) is 11.2. The number of nitriles is 1. The molecule has 0 aliphatic carbocycles. The monoisotopic (exact) mass is 797 g/mol. The van der Waals surface area contributed by atoms with Crippen LogP contribution in [-0.4, -0.2) is 56.8 Å². The number of aromatic nitrogens is 1. The first-order valence-electron chi connectivity index (χ1n) is 17.1. The first kappa shape index (κ1) is 40.7. The molecular formula is C40H39N5O9S2. The minimum atomic E-state index is -4.20. The van der Waals surface area contributed by atoms with Gasteiger partial charge in [-0.2, -0.15) is 5.26 Å². The second-order valence-electron chi connectivity index (χ2n) is 12.9. The zero-order valence-electron chi connectivity index (χ0n) is 30.5. The molecule has 0 aliphatic heterocycles. The number of nitrogens with zero attached hydrogens (tertiary/aromatic N) is 3. The summed E-state index contributed by atoms with van der Waals surface area (Å²) < 4.78 is 63.4. The van der Waals surface area contributed by atoms with E-state index in [1.807, 2.05) is 47.4 Å². The van der Waals surface area contributed by atoms with Gasteiger partial charge in [-0.05, 0) is 83.8 Å². The first-order chi connectivity index (χ1) is 26.7. The molecular weight excluding hydrogens is 759 g/mol. The maximum atomic E-state index is 12.7. The summed E-state index contributed by atoms with van der Waals surface area (Å²) in [6.07, 6.45) is 4.07. The highest BCUT2D eigenvalue weighted by Crippen LogP contribution is 2.34. The fourth-order valence-electron chi connectivity index (χ4n) is 5.65. The number of anilines is 3. The number of carbonyl (C=O) groups excluding carboxylic acids is 1. The largest absolute Gasteiger partial charge is 0.491 e. The summed E-state index contributed by atoms with van der Waals surface area (Å²) in [7, 11) is -8.01. The van der Waals surface area contributed by atoms with Crippen LogP contribution in [0.1, 0.15) is 34.2 Å². The molecule has 56 heavy (non-hydrogen) atoms. The molecule has 5 aromatic rings. The molecule has 14 nitrogen and oxygen atoms in total. The number of ether oxygens (including phenoxy) is 2. The lowest BCUT2D eigenvalue weighted by Gasteiger charge is -2.28. The Morgan fingerprint density at radius 1 is 0.857 bits per heavy atom. The zero-order chi connectivity index (χ0) is 40.3. The number of pyridine rings is 1. The van der Waals surface area contributed by atoms with Gasteiger partial charge in [0.05, 0.1) is 29.6 Å². The van der Waals surface area contributed by atoms with E-state index in [4.69, 9.17) is 14.6 Å². The summed E-state index contributed by atoms with van der Waals surface area (Å²) in [5.74, 6) is -0.785. The van der Waals surface area contributed by atoms with Crippen molar-refractivity contribution < 1.29 is 41.0 Å². The number of aliphatic carboxylic acids is 1. The summed E-state index contributed by atoms with van der Waals surface area (Å²) in [5.41, 5.74) is 5.04. The Hall–Kier alpha value is -6.44. The standard InChI is InChI=1S/C40H39N5O9S2/c1-28-35(44-56(51,52)27-55(2,49)50)6-3-7-37(28)45(25-31-10-8-29(23-41)9-11-31)26-32-12-14-33(15-13-32)54-34-16-17-36(43-39(46)22-40(47)48)38(21-34)53-20-18-30-5-4-19-42-24-30/h3-17,19,21,24,44H,18,20,22,25-27H2,1-2H3,(H,43,46)(H,47,48). The third-order valence-corrected chi connectivity index (χ3v) is 11.7. The number of carboxylic acid groups (broad SMARTS) is 1. The fraction of sp³-hybridized carbons (Fsp3) is 0.200. The van der Waals surface area contributed by atoms with Gasteiger partial charge in [-0.25, -0.2) is 16.8 Å². The maximum Gasteiger partial charge on any atom is 0.312 e. The molecule has 0 saturated heterocycles. The summed E-state index contributed by atoms with van der Waals surface area (Å²) in [5, 5.41) is 19.8. The lowest BCUT2D eigenvalue weighted by atomic mass is 10.1.